The first kappa shape index (κ1) is 10.5. The summed E-state index contributed by atoms with van der Waals surface area (Å²) in [7, 11) is 0. The van der Waals surface area contributed by atoms with Crippen LogP contribution < -0.4 is 5.73 Å². The minimum atomic E-state index is 0.518. The van der Waals surface area contributed by atoms with Crippen molar-refractivity contribution < 1.29 is 0 Å². The Hall–Kier alpha value is -1.61. The quantitative estimate of drug-likeness (QED) is 0.855. The van der Waals surface area contributed by atoms with Crippen LogP contribution in [0.25, 0.3) is 11.1 Å². The minimum absolute atomic E-state index is 0.518. The molecular weight excluding hydrogens is 210 g/mol. The van der Waals surface area contributed by atoms with Gasteiger partial charge in [-0.3, -0.25) is 4.68 Å². The fourth-order valence-corrected chi connectivity index (χ4v) is 2.63. The average Bonchev–Trinajstić information content (AvgIpc) is 2.78. The van der Waals surface area contributed by atoms with Crippen LogP contribution in [0.5, 0.6) is 0 Å². The van der Waals surface area contributed by atoms with E-state index in [9.17, 15) is 0 Å². The molecule has 0 saturated carbocycles. The zero-order valence-electron chi connectivity index (χ0n) is 9.89. The molecule has 0 bridgehead atoms. The lowest BCUT2D eigenvalue weighted by molar-refractivity contribution is 0.484. The van der Waals surface area contributed by atoms with E-state index < -0.39 is 0 Å². The third kappa shape index (κ3) is 1.76. The van der Waals surface area contributed by atoms with Gasteiger partial charge in [-0.05, 0) is 24.8 Å². The van der Waals surface area contributed by atoms with E-state index >= 15 is 0 Å². The van der Waals surface area contributed by atoms with E-state index in [1.165, 1.54) is 29.7 Å². The fourth-order valence-electron chi connectivity index (χ4n) is 2.63. The van der Waals surface area contributed by atoms with Crippen molar-refractivity contribution >= 4 is 0 Å². The topological polar surface area (TPSA) is 43.8 Å². The second kappa shape index (κ2) is 4.34. The molecule has 1 aliphatic rings. The third-order valence-electron chi connectivity index (χ3n) is 3.42. The highest BCUT2D eigenvalue weighted by atomic mass is 15.3. The maximum Gasteiger partial charge on any atom is 0.0841 e. The van der Waals surface area contributed by atoms with Crippen molar-refractivity contribution in [3.05, 3.63) is 41.7 Å². The predicted octanol–water partition coefficient (Wildman–Crippen LogP) is 2.35. The highest BCUT2D eigenvalue weighted by Gasteiger charge is 2.20. The van der Waals surface area contributed by atoms with Crippen LogP contribution in [0.2, 0.25) is 0 Å². The average molecular weight is 227 g/mol. The SMILES string of the molecule is NCc1nn2c(c1-c1ccccc1)CCCC2. The summed E-state index contributed by atoms with van der Waals surface area (Å²) in [5, 5.41) is 4.64. The van der Waals surface area contributed by atoms with Gasteiger partial charge in [0.1, 0.15) is 0 Å². The Labute approximate surface area is 101 Å². The molecule has 0 amide bonds. The van der Waals surface area contributed by atoms with Gasteiger partial charge in [-0.2, -0.15) is 5.10 Å². The number of rotatable bonds is 2. The summed E-state index contributed by atoms with van der Waals surface area (Å²) < 4.78 is 2.15. The van der Waals surface area contributed by atoms with Gasteiger partial charge in [-0.15, -0.1) is 0 Å². The van der Waals surface area contributed by atoms with Gasteiger partial charge in [0.2, 0.25) is 0 Å². The lowest BCUT2D eigenvalue weighted by Crippen LogP contribution is -2.11. The highest BCUT2D eigenvalue weighted by molar-refractivity contribution is 5.69. The molecule has 1 aliphatic heterocycles. The van der Waals surface area contributed by atoms with Crippen LogP contribution in [0.3, 0.4) is 0 Å². The van der Waals surface area contributed by atoms with E-state index in [0.29, 0.717) is 6.54 Å². The summed E-state index contributed by atoms with van der Waals surface area (Å²) in [6.07, 6.45) is 3.61. The summed E-state index contributed by atoms with van der Waals surface area (Å²) in [6, 6.07) is 10.5. The summed E-state index contributed by atoms with van der Waals surface area (Å²) in [5.41, 5.74) is 10.7. The Morgan fingerprint density at radius 1 is 1.18 bits per heavy atom. The lowest BCUT2D eigenvalue weighted by Gasteiger charge is -2.14. The van der Waals surface area contributed by atoms with Crippen molar-refractivity contribution in [2.45, 2.75) is 32.4 Å². The molecule has 2 heterocycles. The molecule has 17 heavy (non-hydrogen) atoms. The molecule has 0 unspecified atom stereocenters. The number of hydrogen-bond donors (Lipinski definition) is 1. The standard InChI is InChI=1S/C14H17N3/c15-10-12-14(11-6-2-1-3-7-11)13-8-4-5-9-17(13)16-12/h1-3,6-7H,4-5,8-10,15H2. The summed E-state index contributed by atoms with van der Waals surface area (Å²) in [4.78, 5) is 0. The molecule has 3 heteroatoms. The number of aryl methyl sites for hydroxylation is 1. The molecular formula is C14H17N3. The fraction of sp³-hybridized carbons (Fsp3) is 0.357. The van der Waals surface area contributed by atoms with Gasteiger partial charge in [-0.1, -0.05) is 30.3 Å². The van der Waals surface area contributed by atoms with Gasteiger partial charge in [-0.25, -0.2) is 0 Å². The van der Waals surface area contributed by atoms with E-state index in [4.69, 9.17) is 5.73 Å². The number of nitrogens with two attached hydrogens (primary N) is 1. The first-order valence-corrected chi connectivity index (χ1v) is 6.24. The van der Waals surface area contributed by atoms with Gasteiger partial charge in [0, 0.05) is 24.3 Å². The van der Waals surface area contributed by atoms with Gasteiger partial charge in [0.15, 0.2) is 0 Å². The van der Waals surface area contributed by atoms with Crippen molar-refractivity contribution in [2.24, 2.45) is 5.73 Å². The molecule has 88 valence electrons. The molecule has 3 rings (SSSR count). The normalized spacial score (nSPS) is 14.6. The molecule has 0 atom stereocenters. The van der Waals surface area contributed by atoms with Crippen LogP contribution in [-0.2, 0) is 19.5 Å². The van der Waals surface area contributed by atoms with Crippen molar-refractivity contribution in [1.82, 2.24) is 9.78 Å². The van der Waals surface area contributed by atoms with E-state index in [2.05, 4.69) is 34.0 Å². The van der Waals surface area contributed by atoms with E-state index in [0.717, 1.165) is 18.7 Å². The van der Waals surface area contributed by atoms with E-state index in [1.807, 2.05) is 6.07 Å². The molecule has 1 aromatic heterocycles. The van der Waals surface area contributed by atoms with Crippen LogP contribution >= 0.6 is 0 Å². The number of nitrogens with zero attached hydrogens (tertiary/aromatic N) is 2. The Bertz CT molecular complexity index is 514. The van der Waals surface area contributed by atoms with Gasteiger partial charge >= 0.3 is 0 Å². The molecule has 0 fully saturated rings. The Balaban J connectivity index is 2.17. The van der Waals surface area contributed by atoms with Crippen LogP contribution in [0.4, 0.5) is 0 Å². The molecule has 0 radical (unpaired) electrons. The lowest BCUT2D eigenvalue weighted by atomic mass is 9.98. The first-order chi connectivity index (χ1) is 8.40. The second-order valence-electron chi connectivity index (χ2n) is 4.52. The van der Waals surface area contributed by atoms with Crippen molar-refractivity contribution in [3.63, 3.8) is 0 Å². The number of fused-ring (bicyclic) bond motifs is 1. The Kier molecular flexibility index (Phi) is 2.69. The van der Waals surface area contributed by atoms with Crippen molar-refractivity contribution in [2.75, 3.05) is 0 Å². The van der Waals surface area contributed by atoms with E-state index in [-0.39, 0.29) is 0 Å². The number of aromatic nitrogens is 2. The minimum Gasteiger partial charge on any atom is -0.325 e. The smallest absolute Gasteiger partial charge is 0.0841 e. The summed E-state index contributed by atoms with van der Waals surface area (Å²) >= 11 is 0. The second-order valence-corrected chi connectivity index (χ2v) is 4.52. The van der Waals surface area contributed by atoms with Crippen LogP contribution in [0.15, 0.2) is 30.3 Å². The third-order valence-corrected chi connectivity index (χ3v) is 3.42. The molecule has 1 aromatic carbocycles. The highest BCUT2D eigenvalue weighted by Crippen LogP contribution is 2.30. The summed E-state index contributed by atoms with van der Waals surface area (Å²) in [6.45, 7) is 1.55. The molecule has 2 aromatic rings. The van der Waals surface area contributed by atoms with E-state index in [1.54, 1.807) is 0 Å². The monoisotopic (exact) mass is 227 g/mol. The molecule has 0 spiro atoms. The molecule has 3 nitrogen and oxygen atoms in total. The van der Waals surface area contributed by atoms with Crippen LogP contribution in [-0.4, -0.2) is 9.78 Å². The zero-order valence-corrected chi connectivity index (χ0v) is 9.89. The van der Waals surface area contributed by atoms with Gasteiger partial charge in [0.25, 0.3) is 0 Å². The number of benzene rings is 1. The molecule has 2 N–H and O–H groups in total. The van der Waals surface area contributed by atoms with Crippen LogP contribution in [0, 0.1) is 0 Å². The molecule has 0 aliphatic carbocycles. The number of hydrogen-bond acceptors (Lipinski definition) is 2. The van der Waals surface area contributed by atoms with Gasteiger partial charge in [0.05, 0.1) is 5.69 Å². The molecule has 0 saturated heterocycles. The zero-order chi connectivity index (χ0) is 11.7. The van der Waals surface area contributed by atoms with Crippen molar-refractivity contribution in [1.29, 1.82) is 0 Å². The predicted molar refractivity (Wildman–Crippen MR) is 68.5 cm³/mol. The first-order valence-electron chi connectivity index (χ1n) is 6.24. The Morgan fingerprint density at radius 2 is 2.00 bits per heavy atom. The largest absolute Gasteiger partial charge is 0.325 e. The van der Waals surface area contributed by atoms with Crippen LogP contribution in [0.1, 0.15) is 24.2 Å². The summed E-state index contributed by atoms with van der Waals surface area (Å²) in [5.74, 6) is 0. The maximum absolute atomic E-state index is 5.82. The Morgan fingerprint density at radius 3 is 2.76 bits per heavy atom. The van der Waals surface area contributed by atoms with Gasteiger partial charge < -0.3 is 5.73 Å². The van der Waals surface area contributed by atoms with Crippen molar-refractivity contribution in [3.8, 4) is 11.1 Å². The maximum atomic E-state index is 5.82.